The number of likely N-dealkylation sites (tertiary alicyclic amines) is 1. The molecule has 24 heavy (non-hydrogen) atoms. The van der Waals surface area contributed by atoms with Crippen molar-refractivity contribution >= 4 is 5.96 Å². The highest BCUT2D eigenvalue weighted by Crippen LogP contribution is 2.13. The highest BCUT2D eigenvalue weighted by molar-refractivity contribution is 5.80. The molecule has 1 aliphatic heterocycles. The Labute approximate surface area is 146 Å². The number of nitrogens with one attached hydrogen (secondary N) is 2. The molecule has 0 aromatic carbocycles. The van der Waals surface area contributed by atoms with E-state index >= 15 is 0 Å². The zero-order chi connectivity index (χ0) is 17.5. The van der Waals surface area contributed by atoms with Crippen molar-refractivity contribution in [3.63, 3.8) is 0 Å². The average molecular weight is 335 g/mol. The van der Waals surface area contributed by atoms with Gasteiger partial charge < -0.3 is 15.5 Å². The third-order valence-electron chi connectivity index (χ3n) is 4.87. The topological polar surface area (TPSA) is 57.5 Å². The van der Waals surface area contributed by atoms with Crippen molar-refractivity contribution in [2.24, 2.45) is 12.0 Å². The predicted molar refractivity (Wildman–Crippen MR) is 100 cm³/mol. The summed E-state index contributed by atoms with van der Waals surface area (Å²) in [6.45, 7) is 13.7. The van der Waals surface area contributed by atoms with Crippen LogP contribution in [0.4, 0.5) is 0 Å². The van der Waals surface area contributed by atoms with Gasteiger partial charge in [-0.2, -0.15) is 5.10 Å². The van der Waals surface area contributed by atoms with Crippen molar-refractivity contribution in [2.45, 2.75) is 59.5 Å². The molecular formula is C18H34N6. The number of aliphatic imine (C=N–C) groups is 1. The number of aryl methyl sites for hydroxylation is 2. The molecule has 2 N–H and O–H groups in total. The maximum Gasteiger partial charge on any atom is 0.191 e. The van der Waals surface area contributed by atoms with Gasteiger partial charge in [-0.1, -0.05) is 6.92 Å². The summed E-state index contributed by atoms with van der Waals surface area (Å²) >= 11 is 0. The molecule has 0 aliphatic carbocycles. The molecule has 0 radical (unpaired) electrons. The van der Waals surface area contributed by atoms with E-state index in [9.17, 15) is 0 Å². The quantitative estimate of drug-likeness (QED) is 0.617. The minimum atomic E-state index is 0.520. The zero-order valence-corrected chi connectivity index (χ0v) is 16.0. The van der Waals surface area contributed by atoms with Crippen LogP contribution in [0.15, 0.2) is 4.99 Å². The van der Waals surface area contributed by atoms with Crippen molar-refractivity contribution in [3.05, 3.63) is 17.0 Å². The average Bonchev–Trinajstić information content (AvgIpc) is 2.80. The lowest BCUT2D eigenvalue weighted by Crippen LogP contribution is -2.48. The molecule has 0 amide bonds. The van der Waals surface area contributed by atoms with Crippen molar-refractivity contribution < 1.29 is 0 Å². The molecule has 6 nitrogen and oxygen atoms in total. The molecule has 1 aliphatic rings. The summed E-state index contributed by atoms with van der Waals surface area (Å²) in [6.07, 6.45) is 3.62. The Morgan fingerprint density at radius 3 is 2.50 bits per heavy atom. The van der Waals surface area contributed by atoms with Gasteiger partial charge in [-0.15, -0.1) is 0 Å². The first kappa shape index (κ1) is 18.8. The van der Waals surface area contributed by atoms with E-state index in [1.807, 2.05) is 11.7 Å². The Kier molecular flexibility index (Phi) is 7.09. The van der Waals surface area contributed by atoms with Crippen LogP contribution in [-0.2, 0) is 13.6 Å². The van der Waals surface area contributed by atoms with Gasteiger partial charge >= 0.3 is 0 Å². The number of rotatable bonds is 6. The van der Waals surface area contributed by atoms with Crippen LogP contribution in [0.5, 0.6) is 0 Å². The molecular weight excluding hydrogens is 300 g/mol. The lowest BCUT2D eigenvalue weighted by atomic mass is 10.1. The zero-order valence-electron chi connectivity index (χ0n) is 16.0. The third-order valence-corrected chi connectivity index (χ3v) is 4.87. The van der Waals surface area contributed by atoms with Gasteiger partial charge in [0.2, 0.25) is 0 Å². The Bertz CT molecular complexity index is 540. The number of nitrogens with zero attached hydrogens (tertiary/aromatic N) is 4. The summed E-state index contributed by atoms with van der Waals surface area (Å²) in [6, 6.07) is 0.520. The molecule has 1 aromatic rings. The van der Waals surface area contributed by atoms with Crippen LogP contribution in [0.25, 0.3) is 0 Å². The number of guanidine groups is 1. The van der Waals surface area contributed by atoms with Gasteiger partial charge in [0.1, 0.15) is 0 Å². The number of piperidine rings is 1. The smallest absolute Gasteiger partial charge is 0.191 e. The molecule has 1 saturated heterocycles. The first-order chi connectivity index (χ1) is 11.5. The molecule has 0 atom stereocenters. The van der Waals surface area contributed by atoms with Crippen molar-refractivity contribution in [2.75, 3.05) is 26.2 Å². The van der Waals surface area contributed by atoms with Gasteiger partial charge in [0.05, 0.1) is 12.2 Å². The minimum absolute atomic E-state index is 0.520. The predicted octanol–water partition coefficient (Wildman–Crippen LogP) is 1.97. The second-order valence-electron chi connectivity index (χ2n) is 6.73. The molecule has 136 valence electrons. The lowest BCUT2D eigenvalue weighted by molar-refractivity contribution is 0.206. The SMILES string of the molecule is CCCN1CCC(NC(=NCc2c(C)nn(C)c2C)NCC)CC1. The second kappa shape index (κ2) is 9.06. The van der Waals surface area contributed by atoms with Crippen molar-refractivity contribution in [3.8, 4) is 0 Å². The van der Waals surface area contributed by atoms with Gasteiger partial charge in [-0.05, 0) is 46.6 Å². The van der Waals surface area contributed by atoms with E-state index in [2.05, 4.69) is 48.3 Å². The van der Waals surface area contributed by atoms with Gasteiger partial charge in [-0.3, -0.25) is 4.68 Å². The first-order valence-electron chi connectivity index (χ1n) is 9.31. The second-order valence-corrected chi connectivity index (χ2v) is 6.73. The van der Waals surface area contributed by atoms with Crippen LogP contribution < -0.4 is 10.6 Å². The fraction of sp³-hybridized carbons (Fsp3) is 0.778. The van der Waals surface area contributed by atoms with Gasteiger partial charge in [0.25, 0.3) is 0 Å². The van der Waals surface area contributed by atoms with Crippen LogP contribution in [0.1, 0.15) is 50.1 Å². The molecule has 0 bridgehead atoms. The van der Waals surface area contributed by atoms with Crippen molar-refractivity contribution in [1.29, 1.82) is 0 Å². The maximum atomic E-state index is 4.80. The standard InChI is InChI=1S/C18H34N6/c1-6-10-24-11-8-16(9-12-24)21-18(19-7-2)20-13-17-14(3)22-23(5)15(17)4/h16H,6-13H2,1-5H3,(H2,19,20,21). The summed E-state index contributed by atoms with van der Waals surface area (Å²) in [5.74, 6) is 0.925. The van der Waals surface area contributed by atoms with E-state index in [-0.39, 0.29) is 0 Å². The molecule has 0 saturated carbocycles. The van der Waals surface area contributed by atoms with Gasteiger partial charge in [0.15, 0.2) is 5.96 Å². The normalized spacial score (nSPS) is 17.3. The largest absolute Gasteiger partial charge is 0.357 e. The molecule has 0 spiro atoms. The van der Waals surface area contributed by atoms with Crippen LogP contribution in [0, 0.1) is 13.8 Å². The van der Waals surface area contributed by atoms with Gasteiger partial charge in [0, 0.05) is 44.0 Å². The number of aromatic nitrogens is 2. The summed E-state index contributed by atoms with van der Waals surface area (Å²) in [7, 11) is 1.99. The lowest BCUT2D eigenvalue weighted by Gasteiger charge is -2.32. The maximum absolute atomic E-state index is 4.80. The van der Waals surface area contributed by atoms with E-state index < -0.39 is 0 Å². The van der Waals surface area contributed by atoms with Crippen LogP contribution in [-0.4, -0.2) is 52.9 Å². The fourth-order valence-corrected chi connectivity index (χ4v) is 3.33. The fourth-order valence-electron chi connectivity index (χ4n) is 3.33. The van der Waals surface area contributed by atoms with E-state index in [0.29, 0.717) is 12.6 Å². The Balaban J connectivity index is 1.94. The Morgan fingerprint density at radius 1 is 1.25 bits per heavy atom. The highest BCUT2D eigenvalue weighted by atomic mass is 15.3. The molecule has 6 heteroatoms. The van der Waals surface area contributed by atoms with Crippen LogP contribution >= 0.6 is 0 Å². The summed E-state index contributed by atoms with van der Waals surface area (Å²) in [5.41, 5.74) is 3.50. The molecule has 2 heterocycles. The number of hydrogen-bond donors (Lipinski definition) is 2. The molecule has 2 rings (SSSR count). The summed E-state index contributed by atoms with van der Waals surface area (Å²) in [4.78, 5) is 7.36. The van der Waals surface area contributed by atoms with E-state index in [1.165, 1.54) is 50.2 Å². The monoisotopic (exact) mass is 334 g/mol. The van der Waals surface area contributed by atoms with E-state index in [1.54, 1.807) is 0 Å². The Morgan fingerprint density at radius 2 is 1.96 bits per heavy atom. The third kappa shape index (κ3) is 4.97. The molecule has 1 aromatic heterocycles. The van der Waals surface area contributed by atoms with Gasteiger partial charge in [-0.25, -0.2) is 4.99 Å². The van der Waals surface area contributed by atoms with E-state index in [4.69, 9.17) is 4.99 Å². The summed E-state index contributed by atoms with van der Waals surface area (Å²) in [5, 5.41) is 11.5. The first-order valence-corrected chi connectivity index (χ1v) is 9.31. The highest BCUT2D eigenvalue weighted by Gasteiger charge is 2.19. The Hall–Kier alpha value is -1.56. The minimum Gasteiger partial charge on any atom is -0.357 e. The molecule has 1 fully saturated rings. The van der Waals surface area contributed by atoms with Crippen molar-refractivity contribution in [1.82, 2.24) is 25.3 Å². The van der Waals surface area contributed by atoms with Crippen LogP contribution in [0.2, 0.25) is 0 Å². The van der Waals surface area contributed by atoms with E-state index in [0.717, 1.165) is 18.2 Å². The molecule has 0 unspecified atom stereocenters. The number of hydrogen-bond acceptors (Lipinski definition) is 3. The van der Waals surface area contributed by atoms with Crippen LogP contribution in [0.3, 0.4) is 0 Å². The summed E-state index contributed by atoms with van der Waals surface area (Å²) < 4.78 is 1.93.